The number of hydrogen-bond donors (Lipinski definition) is 1. The molecule has 0 aliphatic heterocycles. The number of carbonyl (C=O) groups is 2. The van der Waals surface area contributed by atoms with E-state index in [0.29, 0.717) is 5.56 Å². The number of para-hydroxylation sites is 1. The summed E-state index contributed by atoms with van der Waals surface area (Å²) in [5, 5.41) is 12.2. The lowest BCUT2D eigenvalue weighted by Crippen LogP contribution is -2.30. The number of nitro benzene ring substituents is 1. The Morgan fingerprint density at radius 1 is 1.04 bits per heavy atom. The van der Waals surface area contributed by atoms with E-state index in [4.69, 9.17) is 0 Å². The highest BCUT2D eigenvalue weighted by atomic mass is 19.4. The summed E-state index contributed by atoms with van der Waals surface area (Å²) in [6, 6.07) is 10.6. The number of benzene rings is 2. The van der Waals surface area contributed by atoms with Crippen LogP contribution in [0.1, 0.15) is 15.9 Å². The van der Waals surface area contributed by atoms with Gasteiger partial charge in [-0.25, -0.2) is 0 Å². The molecule has 2 aromatic carbocycles. The number of allylic oxidation sites excluding steroid dienone is 1. The fourth-order valence-electron chi connectivity index (χ4n) is 1.97. The third kappa shape index (κ3) is 4.76. The molecule has 1 amide bonds. The highest BCUT2D eigenvalue weighted by Gasteiger charge is 2.39. The Balaban J connectivity index is 2.19. The van der Waals surface area contributed by atoms with E-state index < -0.39 is 22.8 Å². The minimum absolute atomic E-state index is 0.117. The van der Waals surface area contributed by atoms with Gasteiger partial charge < -0.3 is 5.32 Å². The van der Waals surface area contributed by atoms with Crippen molar-refractivity contribution in [1.82, 2.24) is 0 Å². The largest absolute Gasteiger partial charge is 0.471 e. The van der Waals surface area contributed by atoms with E-state index >= 15 is 0 Å². The molecule has 2 aromatic rings. The molecule has 1 N–H and O–H groups in total. The molecule has 0 heterocycles. The molecule has 0 radical (unpaired) electrons. The first-order valence-electron chi connectivity index (χ1n) is 7.12. The zero-order valence-electron chi connectivity index (χ0n) is 13.0. The molecule has 0 unspecified atom stereocenters. The summed E-state index contributed by atoms with van der Waals surface area (Å²) in [4.78, 5) is 33.3. The smallest absolute Gasteiger partial charge is 0.318 e. The first kappa shape index (κ1) is 18.8. The number of rotatable bonds is 5. The number of nitrogens with zero attached hydrogens (tertiary/aromatic N) is 1. The predicted molar refractivity (Wildman–Crippen MR) is 87.6 cm³/mol. The van der Waals surface area contributed by atoms with Crippen LogP contribution in [0, 0.1) is 10.1 Å². The van der Waals surface area contributed by atoms with E-state index in [1.165, 1.54) is 54.6 Å². The van der Waals surface area contributed by atoms with Crippen LogP contribution in [-0.4, -0.2) is 22.8 Å². The minimum Gasteiger partial charge on any atom is -0.318 e. The van der Waals surface area contributed by atoms with Crippen molar-refractivity contribution in [2.45, 2.75) is 6.18 Å². The van der Waals surface area contributed by atoms with E-state index in [1.54, 1.807) is 5.32 Å². The number of carbonyl (C=O) groups excluding carboxylic acids is 2. The van der Waals surface area contributed by atoms with Gasteiger partial charge in [0.25, 0.3) is 5.69 Å². The molecule has 0 aliphatic rings. The van der Waals surface area contributed by atoms with E-state index in [0.717, 1.165) is 6.08 Å². The molecule has 0 atom stereocenters. The lowest BCUT2D eigenvalue weighted by Gasteiger charge is -2.10. The SMILES string of the molecule is O=C(/C=C/c1ccc([N+](=O)[O-])cc1)c1ccccc1NC(=O)C(F)(F)F. The molecule has 0 saturated heterocycles. The maximum absolute atomic E-state index is 12.4. The number of anilines is 1. The molecular formula is C17H11F3N2O4. The Hall–Kier alpha value is -3.49. The monoisotopic (exact) mass is 364 g/mol. The van der Waals surface area contributed by atoms with Crippen molar-refractivity contribution < 1.29 is 27.7 Å². The number of alkyl halides is 3. The number of ketones is 1. The molecule has 0 aromatic heterocycles. The van der Waals surface area contributed by atoms with Gasteiger partial charge in [0.05, 0.1) is 10.6 Å². The minimum atomic E-state index is -5.08. The zero-order valence-corrected chi connectivity index (χ0v) is 13.0. The lowest BCUT2D eigenvalue weighted by atomic mass is 10.1. The summed E-state index contributed by atoms with van der Waals surface area (Å²) in [7, 11) is 0. The number of halogens is 3. The van der Waals surface area contributed by atoms with Crippen LogP contribution < -0.4 is 5.32 Å². The third-order valence-electron chi connectivity index (χ3n) is 3.23. The molecule has 2 rings (SSSR count). The van der Waals surface area contributed by atoms with Crippen molar-refractivity contribution >= 4 is 29.1 Å². The van der Waals surface area contributed by atoms with Gasteiger partial charge in [0.1, 0.15) is 0 Å². The van der Waals surface area contributed by atoms with Gasteiger partial charge in [0, 0.05) is 17.7 Å². The van der Waals surface area contributed by atoms with Crippen LogP contribution in [0.3, 0.4) is 0 Å². The van der Waals surface area contributed by atoms with Gasteiger partial charge in [-0.3, -0.25) is 19.7 Å². The summed E-state index contributed by atoms with van der Waals surface area (Å²) in [6.45, 7) is 0. The highest BCUT2D eigenvalue weighted by molar-refractivity contribution is 6.12. The summed E-state index contributed by atoms with van der Waals surface area (Å²) in [5.41, 5.74) is -0.0223. The van der Waals surface area contributed by atoms with Gasteiger partial charge >= 0.3 is 12.1 Å². The number of non-ortho nitro benzene ring substituents is 1. The Bertz CT molecular complexity index is 874. The van der Waals surface area contributed by atoms with Crippen molar-refractivity contribution in [2.24, 2.45) is 0 Å². The second kappa shape index (κ2) is 7.60. The second-order valence-electron chi connectivity index (χ2n) is 5.04. The molecule has 0 spiro atoms. The maximum Gasteiger partial charge on any atom is 0.471 e. The van der Waals surface area contributed by atoms with Crippen molar-refractivity contribution in [3.63, 3.8) is 0 Å². The third-order valence-corrected chi connectivity index (χ3v) is 3.23. The average Bonchev–Trinajstić information content (AvgIpc) is 2.59. The van der Waals surface area contributed by atoms with Crippen LogP contribution in [0.5, 0.6) is 0 Å². The summed E-state index contributed by atoms with van der Waals surface area (Å²) in [5.74, 6) is -2.82. The van der Waals surface area contributed by atoms with Gasteiger partial charge in [-0.1, -0.05) is 18.2 Å². The fraction of sp³-hybridized carbons (Fsp3) is 0.0588. The number of nitro groups is 1. The van der Waals surface area contributed by atoms with Crippen LogP contribution >= 0.6 is 0 Å². The normalized spacial score (nSPS) is 11.3. The summed E-state index contributed by atoms with van der Waals surface area (Å²) in [6.07, 6.45) is -2.63. The van der Waals surface area contributed by atoms with Crippen molar-refractivity contribution in [3.8, 4) is 0 Å². The molecule has 26 heavy (non-hydrogen) atoms. The van der Waals surface area contributed by atoms with Crippen LogP contribution in [0.4, 0.5) is 24.5 Å². The van der Waals surface area contributed by atoms with E-state index in [2.05, 4.69) is 0 Å². The zero-order chi connectivity index (χ0) is 19.3. The van der Waals surface area contributed by atoms with Gasteiger partial charge in [-0.05, 0) is 35.9 Å². The van der Waals surface area contributed by atoms with Crippen LogP contribution in [-0.2, 0) is 4.79 Å². The van der Waals surface area contributed by atoms with Crippen molar-refractivity contribution in [1.29, 1.82) is 0 Å². The van der Waals surface area contributed by atoms with Gasteiger partial charge in [0.15, 0.2) is 5.78 Å². The first-order chi connectivity index (χ1) is 12.2. The molecule has 0 aliphatic carbocycles. The Morgan fingerprint density at radius 3 is 2.23 bits per heavy atom. The van der Waals surface area contributed by atoms with E-state index in [1.807, 2.05) is 0 Å². The molecule has 0 fully saturated rings. The number of hydrogen-bond acceptors (Lipinski definition) is 4. The highest BCUT2D eigenvalue weighted by Crippen LogP contribution is 2.22. The standard InChI is InChI=1S/C17H11F3N2O4/c18-17(19,20)16(24)21-14-4-2-1-3-13(14)15(23)10-7-11-5-8-12(9-6-11)22(25)26/h1-10H,(H,21,24)/b10-7+. The first-order valence-corrected chi connectivity index (χ1v) is 7.12. The van der Waals surface area contributed by atoms with Crippen LogP contribution in [0.15, 0.2) is 54.6 Å². The number of amides is 1. The second-order valence-corrected chi connectivity index (χ2v) is 5.04. The van der Waals surface area contributed by atoms with E-state index in [-0.39, 0.29) is 16.9 Å². The Morgan fingerprint density at radius 2 is 1.65 bits per heavy atom. The Kier molecular flexibility index (Phi) is 5.51. The predicted octanol–water partition coefficient (Wildman–Crippen LogP) is 3.99. The molecule has 9 heteroatoms. The van der Waals surface area contributed by atoms with Crippen molar-refractivity contribution in [3.05, 3.63) is 75.8 Å². The molecular weight excluding hydrogens is 353 g/mol. The topological polar surface area (TPSA) is 89.3 Å². The summed E-state index contributed by atoms with van der Waals surface area (Å²) < 4.78 is 37.1. The number of nitrogens with one attached hydrogen (secondary N) is 1. The summed E-state index contributed by atoms with van der Waals surface area (Å²) >= 11 is 0. The molecule has 6 nitrogen and oxygen atoms in total. The molecule has 0 bridgehead atoms. The van der Waals surface area contributed by atoms with Gasteiger partial charge in [0.2, 0.25) is 0 Å². The molecule has 134 valence electrons. The fourth-order valence-corrected chi connectivity index (χ4v) is 1.97. The van der Waals surface area contributed by atoms with Gasteiger partial charge in [-0.15, -0.1) is 0 Å². The van der Waals surface area contributed by atoms with Gasteiger partial charge in [-0.2, -0.15) is 13.2 Å². The molecule has 0 saturated carbocycles. The van der Waals surface area contributed by atoms with E-state index in [9.17, 15) is 32.9 Å². The van der Waals surface area contributed by atoms with Crippen molar-refractivity contribution in [2.75, 3.05) is 5.32 Å². The Labute approximate surface area is 145 Å². The lowest BCUT2D eigenvalue weighted by molar-refractivity contribution is -0.384. The van der Waals surface area contributed by atoms with Crippen LogP contribution in [0.25, 0.3) is 6.08 Å². The quantitative estimate of drug-likeness (QED) is 0.376. The average molecular weight is 364 g/mol. The maximum atomic E-state index is 12.4. The van der Waals surface area contributed by atoms with Crippen LogP contribution in [0.2, 0.25) is 0 Å².